The fourth-order valence-corrected chi connectivity index (χ4v) is 3.60. The van der Waals surface area contributed by atoms with Crippen molar-refractivity contribution in [2.75, 3.05) is 5.75 Å². The van der Waals surface area contributed by atoms with E-state index in [1.807, 2.05) is 6.07 Å². The van der Waals surface area contributed by atoms with Crippen molar-refractivity contribution in [2.45, 2.75) is 19.6 Å². The van der Waals surface area contributed by atoms with E-state index in [1.165, 1.54) is 0 Å². The van der Waals surface area contributed by atoms with Crippen LogP contribution in [0.25, 0.3) is 0 Å². The Morgan fingerprint density at radius 1 is 1.22 bits per heavy atom. The van der Waals surface area contributed by atoms with E-state index < -0.39 is 21.7 Å². The minimum absolute atomic E-state index is 0.107. The Hall–Kier alpha value is -1.36. The largest absolute Gasteiger partial charge is 0.481 e. The third-order valence-electron chi connectivity index (χ3n) is 2.78. The lowest BCUT2D eigenvalue weighted by Crippen LogP contribution is -2.28. The fraction of sp³-hybridized carbons (Fsp3) is 0.462. The van der Waals surface area contributed by atoms with Crippen molar-refractivity contribution in [3.05, 3.63) is 35.9 Å². The normalized spacial score (nSPS) is 13.5. The molecule has 1 aromatic rings. The second kappa shape index (κ2) is 6.00. The van der Waals surface area contributed by atoms with Crippen molar-refractivity contribution in [1.82, 2.24) is 0 Å². The predicted molar refractivity (Wildman–Crippen MR) is 69.9 cm³/mol. The molecule has 1 atom stereocenters. The summed E-state index contributed by atoms with van der Waals surface area (Å²) in [5, 5.41) is 9.01. The average molecular weight is 270 g/mol. The van der Waals surface area contributed by atoms with Gasteiger partial charge < -0.3 is 5.11 Å². The van der Waals surface area contributed by atoms with Crippen LogP contribution in [0.1, 0.15) is 19.4 Å². The summed E-state index contributed by atoms with van der Waals surface area (Å²) in [5.41, 5.74) is 0.686. The van der Waals surface area contributed by atoms with Gasteiger partial charge in [-0.3, -0.25) is 4.79 Å². The van der Waals surface area contributed by atoms with Crippen LogP contribution in [-0.4, -0.2) is 25.2 Å². The Kier molecular flexibility index (Phi) is 4.90. The van der Waals surface area contributed by atoms with E-state index in [1.54, 1.807) is 38.1 Å². The molecule has 100 valence electrons. The molecule has 0 saturated carbocycles. The van der Waals surface area contributed by atoms with Crippen LogP contribution in [0.2, 0.25) is 0 Å². The molecule has 0 aromatic heterocycles. The van der Waals surface area contributed by atoms with Gasteiger partial charge in [-0.25, -0.2) is 8.42 Å². The Bertz CT molecular complexity index is 491. The van der Waals surface area contributed by atoms with Crippen LogP contribution in [-0.2, 0) is 20.4 Å². The molecule has 0 spiro atoms. The summed E-state index contributed by atoms with van der Waals surface area (Å²) >= 11 is 0. The first-order valence-electron chi connectivity index (χ1n) is 5.79. The molecule has 0 aliphatic carbocycles. The van der Waals surface area contributed by atoms with E-state index in [0.717, 1.165) is 0 Å². The van der Waals surface area contributed by atoms with Gasteiger partial charge in [0, 0.05) is 0 Å². The molecule has 18 heavy (non-hydrogen) atoms. The second-order valence-electron chi connectivity index (χ2n) is 4.73. The molecular formula is C13H18O4S. The van der Waals surface area contributed by atoms with Crippen LogP contribution in [0.5, 0.6) is 0 Å². The molecule has 0 aliphatic heterocycles. The first-order chi connectivity index (χ1) is 8.32. The van der Waals surface area contributed by atoms with Crippen LogP contribution in [0, 0.1) is 11.8 Å². The molecular weight excluding hydrogens is 252 g/mol. The summed E-state index contributed by atoms with van der Waals surface area (Å²) in [6.45, 7) is 3.44. The maximum atomic E-state index is 12.0. The summed E-state index contributed by atoms with van der Waals surface area (Å²) in [5.74, 6) is -2.52. The van der Waals surface area contributed by atoms with Crippen molar-refractivity contribution in [3.8, 4) is 0 Å². The number of rotatable bonds is 6. The zero-order valence-electron chi connectivity index (χ0n) is 10.5. The van der Waals surface area contributed by atoms with Crippen LogP contribution in [0.3, 0.4) is 0 Å². The molecule has 1 N–H and O–H groups in total. The van der Waals surface area contributed by atoms with Gasteiger partial charge in [-0.1, -0.05) is 44.2 Å². The van der Waals surface area contributed by atoms with Gasteiger partial charge in [-0.05, 0) is 11.5 Å². The molecule has 0 heterocycles. The standard InChI is InChI=1S/C13H18O4S/c1-10(2)12(13(14)15)9-18(16,17)8-11-6-4-3-5-7-11/h3-7,10,12H,8-9H2,1-2H3,(H,14,15)/t12-/m1/s1. The van der Waals surface area contributed by atoms with E-state index in [4.69, 9.17) is 5.11 Å². The third-order valence-corrected chi connectivity index (χ3v) is 4.42. The first kappa shape index (κ1) is 14.7. The highest BCUT2D eigenvalue weighted by atomic mass is 32.2. The summed E-state index contributed by atoms with van der Waals surface area (Å²) in [7, 11) is -3.40. The Morgan fingerprint density at radius 3 is 2.22 bits per heavy atom. The van der Waals surface area contributed by atoms with E-state index in [-0.39, 0.29) is 17.4 Å². The van der Waals surface area contributed by atoms with Gasteiger partial charge in [0.15, 0.2) is 9.84 Å². The summed E-state index contributed by atoms with van der Waals surface area (Å²) in [6.07, 6.45) is 0. The lowest BCUT2D eigenvalue weighted by atomic mass is 9.98. The van der Waals surface area contributed by atoms with Gasteiger partial charge in [0.05, 0.1) is 17.4 Å². The number of carboxylic acids is 1. The fourth-order valence-electron chi connectivity index (χ4n) is 1.71. The minimum atomic E-state index is -3.40. The molecule has 1 rings (SSSR count). The summed E-state index contributed by atoms with van der Waals surface area (Å²) in [4.78, 5) is 11.0. The SMILES string of the molecule is CC(C)[C@@H](CS(=O)(=O)Cc1ccccc1)C(=O)O. The van der Waals surface area contributed by atoms with Gasteiger partial charge in [-0.2, -0.15) is 0 Å². The Balaban J connectivity index is 2.79. The Labute approximate surface area is 108 Å². The molecule has 0 bridgehead atoms. The van der Waals surface area contributed by atoms with Gasteiger partial charge in [-0.15, -0.1) is 0 Å². The molecule has 0 aliphatic rings. The van der Waals surface area contributed by atoms with Crippen LogP contribution < -0.4 is 0 Å². The molecule has 1 aromatic carbocycles. The Morgan fingerprint density at radius 2 is 1.78 bits per heavy atom. The predicted octanol–water partition coefficient (Wildman–Crippen LogP) is 1.96. The molecule has 0 radical (unpaired) electrons. The van der Waals surface area contributed by atoms with Crippen molar-refractivity contribution in [3.63, 3.8) is 0 Å². The average Bonchev–Trinajstić information content (AvgIpc) is 2.26. The van der Waals surface area contributed by atoms with E-state index >= 15 is 0 Å². The molecule has 0 saturated heterocycles. The lowest BCUT2D eigenvalue weighted by Gasteiger charge is -2.16. The van der Waals surface area contributed by atoms with Gasteiger partial charge >= 0.3 is 5.97 Å². The van der Waals surface area contributed by atoms with Crippen molar-refractivity contribution >= 4 is 15.8 Å². The van der Waals surface area contributed by atoms with Crippen LogP contribution >= 0.6 is 0 Å². The topological polar surface area (TPSA) is 71.4 Å². The quantitative estimate of drug-likeness (QED) is 0.857. The maximum absolute atomic E-state index is 12.0. The number of carbonyl (C=O) groups is 1. The zero-order valence-corrected chi connectivity index (χ0v) is 11.4. The van der Waals surface area contributed by atoms with Crippen LogP contribution in [0.15, 0.2) is 30.3 Å². The van der Waals surface area contributed by atoms with Crippen molar-refractivity contribution in [2.24, 2.45) is 11.8 Å². The van der Waals surface area contributed by atoms with Gasteiger partial charge in [0.2, 0.25) is 0 Å². The van der Waals surface area contributed by atoms with E-state index in [9.17, 15) is 13.2 Å². The molecule has 0 amide bonds. The van der Waals surface area contributed by atoms with E-state index in [0.29, 0.717) is 5.56 Å². The maximum Gasteiger partial charge on any atom is 0.307 e. The van der Waals surface area contributed by atoms with Crippen molar-refractivity contribution < 1.29 is 18.3 Å². The van der Waals surface area contributed by atoms with E-state index in [2.05, 4.69) is 0 Å². The molecule has 0 unspecified atom stereocenters. The summed E-state index contributed by atoms with van der Waals surface area (Å²) < 4.78 is 23.9. The number of hydrogen-bond acceptors (Lipinski definition) is 3. The summed E-state index contributed by atoms with van der Waals surface area (Å²) in [6, 6.07) is 8.79. The zero-order chi connectivity index (χ0) is 13.8. The number of carboxylic acid groups (broad SMARTS) is 1. The molecule has 4 nitrogen and oxygen atoms in total. The highest BCUT2D eigenvalue weighted by molar-refractivity contribution is 7.90. The lowest BCUT2D eigenvalue weighted by molar-refractivity contribution is -0.142. The third kappa shape index (κ3) is 4.49. The van der Waals surface area contributed by atoms with Gasteiger partial charge in [0.25, 0.3) is 0 Å². The monoisotopic (exact) mass is 270 g/mol. The number of benzene rings is 1. The molecule has 0 fully saturated rings. The minimum Gasteiger partial charge on any atom is -0.481 e. The number of sulfone groups is 1. The van der Waals surface area contributed by atoms with Gasteiger partial charge in [0.1, 0.15) is 0 Å². The van der Waals surface area contributed by atoms with Crippen LogP contribution in [0.4, 0.5) is 0 Å². The highest BCUT2D eigenvalue weighted by Crippen LogP contribution is 2.16. The number of hydrogen-bond donors (Lipinski definition) is 1. The molecule has 5 heteroatoms. The first-order valence-corrected chi connectivity index (χ1v) is 7.61. The second-order valence-corrected chi connectivity index (χ2v) is 6.84. The highest BCUT2D eigenvalue weighted by Gasteiger charge is 2.28. The number of aliphatic carboxylic acids is 1. The van der Waals surface area contributed by atoms with Crippen molar-refractivity contribution in [1.29, 1.82) is 0 Å². The smallest absolute Gasteiger partial charge is 0.307 e.